The fourth-order valence-electron chi connectivity index (χ4n) is 4.31. The van der Waals surface area contributed by atoms with Gasteiger partial charge in [0.05, 0.1) is 13.2 Å². The number of carbonyl (C=O) groups excluding carboxylic acids is 1. The number of ether oxygens (including phenoxy) is 1. The Balaban J connectivity index is 1.44. The molecule has 2 saturated heterocycles. The van der Waals surface area contributed by atoms with Crippen LogP contribution in [0, 0.1) is 0 Å². The summed E-state index contributed by atoms with van der Waals surface area (Å²) in [6.07, 6.45) is 5.64. The van der Waals surface area contributed by atoms with Crippen LogP contribution >= 0.6 is 0 Å². The van der Waals surface area contributed by atoms with Crippen molar-refractivity contribution in [1.82, 2.24) is 14.7 Å². The van der Waals surface area contributed by atoms with E-state index < -0.39 is 0 Å². The zero-order valence-corrected chi connectivity index (χ0v) is 17.0. The summed E-state index contributed by atoms with van der Waals surface area (Å²) in [6.45, 7) is 9.13. The molecule has 1 unspecified atom stereocenters. The Bertz CT molecular complexity index is 580. The van der Waals surface area contributed by atoms with Gasteiger partial charge in [-0.25, -0.2) is 0 Å². The molecule has 2 heterocycles. The molecule has 5 nitrogen and oxygen atoms in total. The average molecular weight is 374 g/mol. The summed E-state index contributed by atoms with van der Waals surface area (Å²) in [7, 11) is 1.70. The van der Waals surface area contributed by atoms with Crippen molar-refractivity contribution in [3.63, 3.8) is 0 Å². The Morgan fingerprint density at radius 3 is 2.44 bits per heavy atom. The van der Waals surface area contributed by atoms with Gasteiger partial charge in [0.1, 0.15) is 5.75 Å². The van der Waals surface area contributed by atoms with E-state index >= 15 is 0 Å². The summed E-state index contributed by atoms with van der Waals surface area (Å²) in [5.41, 5.74) is 1.34. The molecule has 1 atom stereocenters. The van der Waals surface area contributed by atoms with E-state index in [0.717, 1.165) is 70.8 Å². The highest BCUT2D eigenvalue weighted by atomic mass is 16.5. The highest BCUT2D eigenvalue weighted by molar-refractivity contribution is 5.82. The predicted molar refractivity (Wildman–Crippen MR) is 109 cm³/mol. The van der Waals surface area contributed by atoms with E-state index in [1.807, 2.05) is 12.1 Å². The van der Waals surface area contributed by atoms with Gasteiger partial charge in [0.25, 0.3) is 0 Å². The number of hydrogen-bond acceptors (Lipinski definition) is 4. The molecule has 3 rings (SSSR count). The van der Waals surface area contributed by atoms with Crippen molar-refractivity contribution in [3.05, 3.63) is 29.8 Å². The highest BCUT2D eigenvalue weighted by Crippen LogP contribution is 2.20. The molecular formula is C22H35N3O2. The van der Waals surface area contributed by atoms with Crippen LogP contribution in [0.25, 0.3) is 0 Å². The lowest BCUT2D eigenvalue weighted by Crippen LogP contribution is -2.56. The minimum atomic E-state index is 0.129. The molecule has 2 aliphatic heterocycles. The van der Waals surface area contributed by atoms with Gasteiger partial charge in [-0.2, -0.15) is 0 Å². The summed E-state index contributed by atoms with van der Waals surface area (Å²) < 4.78 is 5.22. The van der Waals surface area contributed by atoms with Crippen LogP contribution in [-0.4, -0.2) is 79.6 Å². The van der Waals surface area contributed by atoms with Gasteiger partial charge in [-0.1, -0.05) is 25.5 Å². The monoisotopic (exact) mass is 373 g/mol. The number of carbonyl (C=O) groups is 1. The minimum absolute atomic E-state index is 0.129. The van der Waals surface area contributed by atoms with E-state index in [1.165, 1.54) is 18.4 Å². The normalized spacial score (nSPS) is 22.0. The molecule has 2 fully saturated rings. The largest absolute Gasteiger partial charge is 0.497 e. The summed E-state index contributed by atoms with van der Waals surface area (Å²) in [4.78, 5) is 20.1. The minimum Gasteiger partial charge on any atom is -0.497 e. The lowest BCUT2D eigenvalue weighted by atomic mass is 10.00. The van der Waals surface area contributed by atoms with Crippen molar-refractivity contribution in [1.29, 1.82) is 0 Å². The van der Waals surface area contributed by atoms with E-state index in [0.29, 0.717) is 5.91 Å². The second-order valence-electron chi connectivity index (χ2n) is 7.81. The fraction of sp³-hybridized carbons (Fsp3) is 0.682. The van der Waals surface area contributed by atoms with Gasteiger partial charge >= 0.3 is 0 Å². The van der Waals surface area contributed by atoms with Crippen LogP contribution in [-0.2, 0) is 11.2 Å². The quantitative estimate of drug-likeness (QED) is 0.736. The average Bonchev–Trinajstić information content (AvgIpc) is 2.73. The number of benzene rings is 1. The van der Waals surface area contributed by atoms with Gasteiger partial charge in [-0.15, -0.1) is 0 Å². The summed E-state index contributed by atoms with van der Waals surface area (Å²) in [5, 5.41) is 0. The highest BCUT2D eigenvalue weighted by Gasteiger charge is 2.32. The molecule has 2 aliphatic rings. The lowest BCUT2D eigenvalue weighted by Gasteiger charge is -2.40. The first-order valence-corrected chi connectivity index (χ1v) is 10.6. The van der Waals surface area contributed by atoms with Crippen LogP contribution in [0.5, 0.6) is 5.75 Å². The first-order chi connectivity index (χ1) is 13.2. The van der Waals surface area contributed by atoms with E-state index in [9.17, 15) is 4.79 Å². The van der Waals surface area contributed by atoms with Gasteiger partial charge in [0, 0.05) is 32.7 Å². The standard InChI is InChI=1S/C22H35N3O2/c1-3-12-24-13-5-4-6-21(24)22(26)25-17-15-23(16-18-25)14-11-19-7-9-20(27-2)10-8-19/h7-10,21H,3-6,11-18H2,1-2H3. The van der Waals surface area contributed by atoms with Crippen LogP contribution in [0.4, 0.5) is 0 Å². The maximum atomic E-state index is 13.0. The predicted octanol–water partition coefficient (Wildman–Crippen LogP) is 2.65. The van der Waals surface area contributed by atoms with Gasteiger partial charge in [-0.3, -0.25) is 14.6 Å². The van der Waals surface area contributed by atoms with Crippen molar-refractivity contribution < 1.29 is 9.53 Å². The van der Waals surface area contributed by atoms with Gasteiger partial charge in [0.2, 0.25) is 5.91 Å². The maximum Gasteiger partial charge on any atom is 0.240 e. The summed E-state index contributed by atoms with van der Waals surface area (Å²) >= 11 is 0. The molecule has 0 aromatic heterocycles. The smallest absolute Gasteiger partial charge is 0.240 e. The second kappa shape index (κ2) is 10.1. The van der Waals surface area contributed by atoms with Crippen LogP contribution in [0.1, 0.15) is 38.2 Å². The Morgan fingerprint density at radius 2 is 1.78 bits per heavy atom. The van der Waals surface area contributed by atoms with Gasteiger partial charge in [0.15, 0.2) is 0 Å². The molecular weight excluding hydrogens is 338 g/mol. The third kappa shape index (κ3) is 5.45. The zero-order valence-electron chi connectivity index (χ0n) is 17.0. The number of nitrogens with zero attached hydrogens (tertiary/aromatic N) is 3. The zero-order chi connectivity index (χ0) is 19.1. The van der Waals surface area contributed by atoms with Crippen molar-refractivity contribution in [2.45, 2.75) is 45.1 Å². The Kier molecular flexibility index (Phi) is 7.53. The fourth-order valence-corrected chi connectivity index (χ4v) is 4.31. The maximum absolute atomic E-state index is 13.0. The number of amides is 1. The molecule has 0 spiro atoms. The molecule has 0 radical (unpaired) electrons. The van der Waals surface area contributed by atoms with Crippen LogP contribution in [0.3, 0.4) is 0 Å². The number of likely N-dealkylation sites (tertiary alicyclic amines) is 1. The first-order valence-electron chi connectivity index (χ1n) is 10.6. The summed E-state index contributed by atoms with van der Waals surface area (Å²) in [5.74, 6) is 1.28. The summed E-state index contributed by atoms with van der Waals surface area (Å²) in [6, 6.07) is 8.47. The number of hydrogen-bond donors (Lipinski definition) is 0. The van der Waals surface area contributed by atoms with Gasteiger partial charge < -0.3 is 9.64 Å². The van der Waals surface area contributed by atoms with E-state index in [-0.39, 0.29) is 6.04 Å². The van der Waals surface area contributed by atoms with Crippen molar-refractivity contribution in [2.75, 3.05) is 52.9 Å². The SMILES string of the molecule is CCCN1CCCCC1C(=O)N1CCN(CCc2ccc(OC)cc2)CC1. The molecule has 0 bridgehead atoms. The van der Waals surface area contributed by atoms with Crippen LogP contribution in [0.2, 0.25) is 0 Å². The Labute approximate surface area is 164 Å². The van der Waals surface area contributed by atoms with Crippen molar-refractivity contribution in [2.24, 2.45) is 0 Å². The van der Waals surface area contributed by atoms with E-state index in [2.05, 4.69) is 33.8 Å². The molecule has 0 N–H and O–H groups in total. The van der Waals surface area contributed by atoms with E-state index in [4.69, 9.17) is 4.74 Å². The molecule has 5 heteroatoms. The number of piperidine rings is 1. The molecule has 1 aromatic rings. The second-order valence-corrected chi connectivity index (χ2v) is 7.81. The van der Waals surface area contributed by atoms with Gasteiger partial charge in [-0.05, 0) is 56.5 Å². The number of rotatable bonds is 7. The lowest BCUT2D eigenvalue weighted by molar-refractivity contribution is -0.140. The number of piperazine rings is 1. The Hall–Kier alpha value is -1.59. The van der Waals surface area contributed by atoms with Crippen LogP contribution in [0.15, 0.2) is 24.3 Å². The third-order valence-electron chi connectivity index (χ3n) is 5.97. The molecule has 1 aromatic carbocycles. The topological polar surface area (TPSA) is 36.0 Å². The molecule has 27 heavy (non-hydrogen) atoms. The van der Waals surface area contributed by atoms with Crippen molar-refractivity contribution >= 4 is 5.91 Å². The molecule has 0 saturated carbocycles. The number of methoxy groups -OCH3 is 1. The third-order valence-corrected chi connectivity index (χ3v) is 5.97. The molecule has 1 amide bonds. The van der Waals surface area contributed by atoms with E-state index in [1.54, 1.807) is 7.11 Å². The van der Waals surface area contributed by atoms with Crippen LogP contribution < -0.4 is 4.74 Å². The first kappa shape index (κ1) is 20.2. The Morgan fingerprint density at radius 1 is 1.04 bits per heavy atom. The van der Waals surface area contributed by atoms with Crippen molar-refractivity contribution in [3.8, 4) is 5.75 Å². The molecule has 150 valence electrons. The molecule has 0 aliphatic carbocycles.